The zero-order valence-electron chi connectivity index (χ0n) is 16.1. The van der Waals surface area contributed by atoms with Gasteiger partial charge in [-0.1, -0.05) is 0 Å². The van der Waals surface area contributed by atoms with Gasteiger partial charge < -0.3 is 4.57 Å². The van der Waals surface area contributed by atoms with Crippen LogP contribution in [0.2, 0.25) is 0 Å². The van der Waals surface area contributed by atoms with Crippen LogP contribution in [0.3, 0.4) is 0 Å². The molecule has 0 spiro atoms. The van der Waals surface area contributed by atoms with Gasteiger partial charge in [0.05, 0.1) is 6.54 Å². The summed E-state index contributed by atoms with van der Waals surface area (Å²) in [5.74, 6) is 3.61. The maximum absolute atomic E-state index is 4.55. The molecule has 3 aromatic rings. The zero-order valence-corrected chi connectivity index (χ0v) is 16.1. The Hall–Kier alpha value is -2.55. The van der Waals surface area contributed by atoms with Crippen LogP contribution in [0.1, 0.15) is 50.1 Å². The van der Waals surface area contributed by atoms with Gasteiger partial charge in [-0.05, 0) is 45.8 Å². The number of piperidine rings is 1. The number of aryl methyl sites for hydroxylation is 1. The third-order valence-corrected chi connectivity index (χ3v) is 5.35. The van der Waals surface area contributed by atoms with Gasteiger partial charge in [-0.15, -0.1) is 10.2 Å². The maximum Gasteiger partial charge on any atom is 0.154 e. The van der Waals surface area contributed by atoms with E-state index in [9.17, 15) is 0 Å². The highest BCUT2D eigenvalue weighted by molar-refractivity contribution is 5.05. The molecule has 0 amide bonds. The van der Waals surface area contributed by atoms with E-state index in [0.717, 1.165) is 63.0 Å². The normalized spacial score (nSPS) is 16.2. The topological polar surface area (TPSA) is 82.5 Å². The Labute approximate surface area is 159 Å². The summed E-state index contributed by atoms with van der Waals surface area (Å²) in [7, 11) is 0. The van der Waals surface area contributed by atoms with Crippen molar-refractivity contribution in [3.05, 3.63) is 42.3 Å². The van der Waals surface area contributed by atoms with Gasteiger partial charge in [0.1, 0.15) is 24.5 Å². The molecule has 3 aromatic heterocycles. The Morgan fingerprint density at radius 2 is 1.85 bits per heavy atom. The molecule has 144 valence electrons. The molecule has 1 aliphatic rings. The highest BCUT2D eigenvalue weighted by Crippen LogP contribution is 2.28. The number of aromatic nitrogens is 8. The van der Waals surface area contributed by atoms with Crippen molar-refractivity contribution in [2.75, 3.05) is 13.1 Å². The van der Waals surface area contributed by atoms with Crippen molar-refractivity contribution in [1.29, 1.82) is 0 Å². The van der Waals surface area contributed by atoms with Crippen molar-refractivity contribution in [1.82, 2.24) is 44.2 Å². The molecular weight excluding hydrogens is 342 g/mol. The molecule has 0 radical (unpaired) electrons. The summed E-state index contributed by atoms with van der Waals surface area (Å²) < 4.78 is 6.13. The number of nitrogens with zero attached hydrogens (tertiary/aromatic N) is 9. The van der Waals surface area contributed by atoms with Crippen LogP contribution in [-0.2, 0) is 26.2 Å². The summed E-state index contributed by atoms with van der Waals surface area (Å²) in [5, 5.41) is 17.6. The van der Waals surface area contributed by atoms with E-state index in [1.165, 1.54) is 0 Å². The van der Waals surface area contributed by atoms with E-state index in [0.29, 0.717) is 12.5 Å². The summed E-state index contributed by atoms with van der Waals surface area (Å²) in [4.78, 5) is 6.86. The van der Waals surface area contributed by atoms with E-state index < -0.39 is 0 Å². The van der Waals surface area contributed by atoms with Crippen molar-refractivity contribution in [3.8, 4) is 0 Å². The average molecular weight is 369 g/mol. The standard InChI is InChI=1S/C18H27N9/c1-3-26-17(13-25-9-5-8-20-25)22-23-18(26)15-6-10-24(11-7-15)12-16-19-14-21-27(16)4-2/h5,8-9,14-15H,3-4,6-7,10-13H2,1-2H3. The number of rotatable bonds is 7. The van der Waals surface area contributed by atoms with Crippen molar-refractivity contribution in [3.63, 3.8) is 0 Å². The fourth-order valence-electron chi connectivity index (χ4n) is 3.88. The van der Waals surface area contributed by atoms with E-state index in [-0.39, 0.29) is 0 Å². The predicted molar refractivity (Wildman–Crippen MR) is 100.0 cm³/mol. The van der Waals surface area contributed by atoms with Crippen molar-refractivity contribution in [2.45, 2.75) is 58.8 Å². The quantitative estimate of drug-likeness (QED) is 0.628. The van der Waals surface area contributed by atoms with E-state index in [4.69, 9.17) is 0 Å². The van der Waals surface area contributed by atoms with E-state index in [2.05, 4.69) is 48.7 Å². The molecule has 9 nitrogen and oxygen atoms in total. The summed E-state index contributed by atoms with van der Waals surface area (Å²) in [5.41, 5.74) is 0. The van der Waals surface area contributed by atoms with Crippen molar-refractivity contribution in [2.24, 2.45) is 0 Å². The fourth-order valence-corrected chi connectivity index (χ4v) is 3.88. The van der Waals surface area contributed by atoms with E-state index in [1.807, 2.05) is 21.6 Å². The second-order valence-electron chi connectivity index (χ2n) is 6.96. The third-order valence-electron chi connectivity index (χ3n) is 5.35. The molecular formula is C18H27N9. The summed E-state index contributed by atoms with van der Waals surface area (Å²) in [6, 6.07) is 1.93. The first-order chi connectivity index (χ1) is 13.3. The molecule has 1 fully saturated rings. The monoisotopic (exact) mass is 369 g/mol. The van der Waals surface area contributed by atoms with Gasteiger partial charge in [-0.3, -0.25) is 9.58 Å². The van der Waals surface area contributed by atoms with Crippen LogP contribution in [0.5, 0.6) is 0 Å². The maximum atomic E-state index is 4.55. The molecule has 0 atom stereocenters. The second-order valence-corrected chi connectivity index (χ2v) is 6.96. The minimum absolute atomic E-state index is 0.462. The molecule has 1 aliphatic heterocycles. The molecule has 9 heteroatoms. The zero-order chi connectivity index (χ0) is 18.6. The van der Waals surface area contributed by atoms with Gasteiger partial charge in [0.15, 0.2) is 5.82 Å². The third kappa shape index (κ3) is 3.78. The minimum atomic E-state index is 0.462. The molecule has 27 heavy (non-hydrogen) atoms. The highest BCUT2D eigenvalue weighted by atomic mass is 15.4. The largest absolute Gasteiger partial charge is 0.313 e. The fraction of sp³-hybridized carbons (Fsp3) is 0.611. The van der Waals surface area contributed by atoms with Crippen LogP contribution in [0.25, 0.3) is 0 Å². The van der Waals surface area contributed by atoms with Crippen LogP contribution in [0, 0.1) is 0 Å². The predicted octanol–water partition coefficient (Wildman–Crippen LogP) is 1.53. The summed E-state index contributed by atoms with van der Waals surface area (Å²) in [6.45, 7) is 9.64. The average Bonchev–Trinajstić information content (AvgIpc) is 3.44. The van der Waals surface area contributed by atoms with Crippen molar-refractivity contribution >= 4 is 0 Å². The molecule has 0 unspecified atom stereocenters. The molecule has 4 heterocycles. The summed E-state index contributed by atoms with van der Waals surface area (Å²) in [6.07, 6.45) is 7.60. The van der Waals surface area contributed by atoms with Crippen molar-refractivity contribution < 1.29 is 0 Å². The van der Waals surface area contributed by atoms with E-state index >= 15 is 0 Å². The van der Waals surface area contributed by atoms with Crippen LogP contribution < -0.4 is 0 Å². The molecule has 0 bridgehead atoms. The first-order valence-corrected chi connectivity index (χ1v) is 9.76. The van der Waals surface area contributed by atoms with Gasteiger partial charge in [0.25, 0.3) is 0 Å². The van der Waals surface area contributed by atoms with E-state index in [1.54, 1.807) is 12.5 Å². The van der Waals surface area contributed by atoms with Gasteiger partial charge in [-0.2, -0.15) is 10.2 Å². The number of hydrogen-bond acceptors (Lipinski definition) is 6. The molecule has 0 aliphatic carbocycles. The SMILES string of the molecule is CCn1ncnc1CN1CCC(c2nnc(Cn3cccn3)n2CC)CC1. The lowest BCUT2D eigenvalue weighted by atomic mass is 9.96. The molecule has 4 rings (SSSR count). The molecule has 0 N–H and O–H groups in total. The second kappa shape index (κ2) is 7.99. The molecule has 1 saturated heterocycles. The Kier molecular flexibility index (Phi) is 5.28. The lowest BCUT2D eigenvalue weighted by molar-refractivity contribution is 0.193. The van der Waals surface area contributed by atoms with Crippen LogP contribution in [-0.4, -0.2) is 57.3 Å². The van der Waals surface area contributed by atoms with Gasteiger partial charge >= 0.3 is 0 Å². The van der Waals surface area contributed by atoms with Crippen LogP contribution >= 0.6 is 0 Å². The highest BCUT2D eigenvalue weighted by Gasteiger charge is 2.26. The first kappa shape index (κ1) is 17.8. The minimum Gasteiger partial charge on any atom is -0.313 e. The Balaban J connectivity index is 1.40. The molecule has 0 saturated carbocycles. The smallest absolute Gasteiger partial charge is 0.154 e. The lowest BCUT2D eigenvalue weighted by Gasteiger charge is -2.31. The number of likely N-dealkylation sites (tertiary alicyclic amines) is 1. The Bertz CT molecular complexity index is 840. The van der Waals surface area contributed by atoms with Crippen LogP contribution in [0.15, 0.2) is 24.8 Å². The van der Waals surface area contributed by atoms with Gasteiger partial charge in [0.2, 0.25) is 0 Å². The number of hydrogen-bond donors (Lipinski definition) is 0. The summed E-state index contributed by atoms with van der Waals surface area (Å²) >= 11 is 0. The molecule has 0 aromatic carbocycles. The van der Waals surface area contributed by atoms with Gasteiger partial charge in [0, 0.05) is 31.4 Å². The lowest BCUT2D eigenvalue weighted by Crippen LogP contribution is -2.34. The van der Waals surface area contributed by atoms with Crippen LogP contribution in [0.4, 0.5) is 0 Å². The first-order valence-electron chi connectivity index (χ1n) is 9.76. The van der Waals surface area contributed by atoms with Gasteiger partial charge in [-0.25, -0.2) is 9.67 Å². The Morgan fingerprint density at radius 1 is 1.00 bits per heavy atom. The Morgan fingerprint density at radius 3 is 2.56 bits per heavy atom.